The van der Waals surface area contributed by atoms with Crippen LogP contribution in [0.5, 0.6) is 0 Å². The minimum atomic E-state index is -0.757. The topological polar surface area (TPSA) is 49.9 Å². The summed E-state index contributed by atoms with van der Waals surface area (Å²) < 4.78 is 18.3. The largest absolute Gasteiger partial charge is 0.375 e. The number of nitrogens with zero attached hydrogens (tertiary/aromatic N) is 2. The van der Waals surface area contributed by atoms with Gasteiger partial charge in [-0.05, 0) is 35.7 Å². The molecule has 2 aliphatic heterocycles. The first kappa shape index (κ1) is 18.9. The predicted molar refractivity (Wildman–Crippen MR) is 104 cm³/mol. The first-order valence-corrected chi connectivity index (χ1v) is 9.46. The van der Waals surface area contributed by atoms with Gasteiger partial charge in [0.05, 0.1) is 12.0 Å². The lowest BCUT2D eigenvalue weighted by Gasteiger charge is -2.25. The van der Waals surface area contributed by atoms with Gasteiger partial charge < -0.3 is 14.5 Å². The van der Waals surface area contributed by atoms with Crippen molar-refractivity contribution in [3.05, 3.63) is 64.4 Å². The minimum Gasteiger partial charge on any atom is -0.375 e. The van der Waals surface area contributed by atoms with Gasteiger partial charge in [-0.3, -0.25) is 9.59 Å². The van der Waals surface area contributed by atoms with Gasteiger partial charge in [-0.1, -0.05) is 35.9 Å². The highest BCUT2D eigenvalue weighted by atomic mass is 35.5. The third kappa shape index (κ3) is 2.97. The standard InChI is InChI=1S/C21H20ClFN2O3/c1-28-12-19(26)24-9-8-21(13-24)16-4-2-3-5-18(16)25(20(21)27)11-14-6-7-15(23)10-17(14)22/h2-7,10H,8-9,11-13H2,1H3. The van der Waals surface area contributed by atoms with Crippen LogP contribution in [0.2, 0.25) is 5.02 Å². The average Bonchev–Trinajstić information content (AvgIpc) is 3.22. The van der Waals surface area contributed by atoms with Gasteiger partial charge in [-0.2, -0.15) is 0 Å². The molecular formula is C21H20ClFN2O3. The monoisotopic (exact) mass is 402 g/mol. The van der Waals surface area contributed by atoms with Crippen LogP contribution in [-0.4, -0.2) is 43.5 Å². The molecule has 5 nitrogen and oxygen atoms in total. The highest BCUT2D eigenvalue weighted by Crippen LogP contribution is 2.48. The van der Waals surface area contributed by atoms with Crippen molar-refractivity contribution in [3.8, 4) is 0 Å². The molecule has 2 aliphatic rings. The Labute approximate surface area is 167 Å². The maximum Gasteiger partial charge on any atom is 0.248 e. The van der Waals surface area contributed by atoms with Crippen molar-refractivity contribution in [2.24, 2.45) is 0 Å². The summed E-state index contributed by atoms with van der Waals surface area (Å²) in [6.07, 6.45) is 0.561. The molecule has 0 bridgehead atoms. The first-order chi connectivity index (χ1) is 13.5. The van der Waals surface area contributed by atoms with Crippen molar-refractivity contribution in [2.75, 3.05) is 31.7 Å². The van der Waals surface area contributed by atoms with Crippen LogP contribution in [0.15, 0.2) is 42.5 Å². The molecule has 2 aromatic carbocycles. The van der Waals surface area contributed by atoms with Crippen LogP contribution in [0.3, 0.4) is 0 Å². The number of carbonyl (C=O) groups is 2. The number of benzene rings is 2. The van der Waals surface area contributed by atoms with Crippen LogP contribution in [0.25, 0.3) is 0 Å². The summed E-state index contributed by atoms with van der Waals surface area (Å²) in [6, 6.07) is 11.8. The molecule has 0 aliphatic carbocycles. The molecule has 1 fully saturated rings. The van der Waals surface area contributed by atoms with E-state index in [0.717, 1.165) is 11.3 Å². The Kier molecular flexibility index (Phi) is 4.85. The van der Waals surface area contributed by atoms with Crippen molar-refractivity contribution >= 4 is 29.1 Å². The molecule has 0 N–H and O–H groups in total. The van der Waals surface area contributed by atoms with Crippen LogP contribution in [0.1, 0.15) is 17.5 Å². The van der Waals surface area contributed by atoms with Crippen molar-refractivity contribution in [1.29, 1.82) is 0 Å². The van der Waals surface area contributed by atoms with Gasteiger partial charge in [0.15, 0.2) is 0 Å². The average molecular weight is 403 g/mol. The number of hydrogen-bond acceptors (Lipinski definition) is 3. The normalized spacial score (nSPS) is 20.9. The number of carbonyl (C=O) groups excluding carboxylic acids is 2. The van der Waals surface area contributed by atoms with E-state index in [1.54, 1.807) is 15.9 Å². The summed E-state index contributed by atoms with van der Waals surface area (Å²) in [7, 11) is 1.48. The predicted octanol–water partition coefficient (Wildman–Crippen LogP) is 3.14. The van der Waals surface area contributed by atoms with Gasteiger partial charge in [0.2, 0.25) is 11.8 Å². The fourth-order valence-electron chi connectivity index (χ4n) is 4.21. The number of likely N-dealkylation sites (tertiary alicyclic amines) is 1. The number of fused-ring (bicyclic) bond motifs is 2. The van der Waals surface area contributed by atoms with E-state index in [-0.39, 0.29) is 30.0 Å². The summed E-state index contributed by atoms with van der Waals surface area (Å²) >= 11 is 6.19. The van der Waals surface area contributed by atoms with Gasteiger partial charge in [0, 0.05) is 30.9 Å². The zero-order chi connectivity index (χ0) is 19.9. The van der Waals surface area contributed by atoms with E-state index < -0.39 is 11.2 Å². The van der Waals surface area contributed by atoms with E-state index >= 15 is 0 Å². The van der Waals surface area contributed by atoms with E-state index in [1.165, 1.54) is 19.2 Å². The Hall–Kier alpha value is -2.44. The molecule has 2 amide bonds. The van der Waals surface area contributed by atoms with Gasteiger partial charge in [0.25, 0.3) is 0 Å². The van der Waals surface area contributed by atoms with Gasteiger partial charge >= 0.3 is 0 Å². The molecule has 1 atom stereocenters. The molecule has 7 heteroatoms. The Morgan fingerprint density at radius 3 is 2.82 bits per heavy atom. The number of amides is 2. The molecule has 1 unspecified atom stereocenters. The van der Waals surface area contributed by atoms with E-state index in [0.29, 0.717) is 25.1 Å². The lowest BCUT2D eigenvalue weighted by Crippen LogP contribution is -2.43. The van der Waals surface area contributed by atoms with Crippen LogP contribution in [0, 0.1) is 5.82 Å². The van der Waals surface area contributed by atoms with Crippen molar-refractivity contribution in [3.63, 3.8) is 0 Å². The number of para-hydroxylation sites is 1. The van der Waals surface area contributed by atoms with Gasteiger partial charge in [-0.15, -0.1) is 0 Å². The number of ether oxygens (including phenoxy) is 1. The Bertz CT molecular complexity index is 951. The molecule has 1 spiro atoms. The van der Waals surface area contributed by atoms with E-state index in [1.807, 2.05) is 24.3 Å². The number of hydrogen-bond donors (Lipinski definition) is 0. The fraction of sp³-hybridized carbons (Fsp3) is 0.333. The number of rotatable bonds is 4. The third-order valence-electron chi connectivity index (χ3n) is 5.60. The van der Waals surface area contributed by atoms with Crippen LogP contribution in [-0.2, 0) is 26.3 Å². The zero-order valence-electron chi connectivity index (χ0n) is 15.5. The van der Waals surface area contributed by atoms with Crippen LogP contribution < -0.4 is 4.90 Å². The summed E-state index contributed by atoms with van der Waals surface area (Å²) in [5, 5.41) is 0.287. The van der Waals surface area contributed by atoms with E-state index in [4.69, 9.17) is 16.3 Å². The minimum absolute atomic E-state index is 0.000812. The molecule has 28 heavy (non-hydrogen) atoms. The lowest BCUT2D eigenvalue weighted by molar-refractivity contribution is -0.134. The quantitative estimate of drug-likeness (QED) is 0.789. The first-order valence-electron chi connectivity index (χ1n) is 9.08. The molecule has 0 radical (unpaired) electrons. The molecule has 2 heterocycles. The summed E-state index contributed by atoms with van der Waals surface area (Å²) in [5.41, 5.74) is 1.65. The third-order valence-corrected chi connectivity index (χ3v) is 5.95. The van der Waals surface area contributed by atoms with Crippen LogP contribution in [0.4, 0.5) is 10.1 Å². The maximum atomic E-state index is 13.5. The van der Waals surface area contributed by atoms with Gasteiger partial charge in [0.1, 0.15) is 12.4 Å². The Balaban J connectivity index is 1.68. The smallest absolute Gasteiger partial charge is 0.248 e. The molecule has 1 saturated heterocycles. The summed E-state index contributed by atoms with van der Waals surface area (Å²) in [6.45, 7) is 1.09. The highest BCUT2D eigenvalue weighted by molar-refractivity contribution is 6.31. The maximum absolute atomic E-state index is 13.5. The van der Waals surface area contributed by atoms with Crippen molar-refractivity contribution < 1.29 is 18.7 Å². The summed E-state index contributed by atoms with van der Waals surface area (Å²) in [5.74, 6) is -0.590. The molecule has 0 saturated carbocycles. The Morgan fingerprint density at radius 1 is 1.29 bits per heavy atom. The van der Waals surface area contributed by atoms with E-state index in [2.05, 4.69) is 0 Å². The lowest BCUT2D eigenvalue weighted by atomic mass is 9.81. The number of halogens is 2. The van der Waals surface area contributed by atoms with Crippen LogP contribution >= 0.6 is 11.6 Å². The second kappa shape index (κ2) is 7.18. The Morgan fingerprint density at radius 2 is 2.07 bits per heavy atom. The highest BCUT2D eigenvalue weighted by Gasteiger charge is 2.54. The second-order valence-electron chi connectivity index (χ2n) is 7.22. The van der Waals surface area contributed by atoms with Crippen molar-refractivity contribution in [2.45, 2.75) is 18.4 Å². The molecule has 4 rings (SSSR count). The number of anilines is 1. The number of methoxy groups -OCH3 is 1. The van der Waals surface area contributed by atoms with Gasteiger partial charge in [-0.25, -0.2) is 4.39 Å². The molecular weight excluding hydrogens is 383 g/mol. The zero-order valence-corrected chi connectivity index (χ0v) is 16.2. The molecule has 146 valence electrons. The molecule has 0 aromatic heterocycles. The second-order valence-corrected chi connectivity index (χ2v) is 7.63. The molecule has 2 aromatic rings. The SMILES string of the molecule is COCC(=O)N1CCC2(C1)C(=O)N(Cc1ccc(F)cc1Cl)c1ccccc12. The fourth-order valence-corrected chi connectivity index (χ4v) is 4.43. The van der Waals surface area contributed by atoms with E-state index in [9.17, 15) is 14.0 Å². The summed E-state index contributed by atoms with van der Waals surface area (Å²) in [4.78, 5) is 29.2. The van der Waals surface area contributed by atoms with Crippen molar-refractivity contribution in [1.82, 2.24) is 4.90 Å².